The average molecular weight is 684 g/mol. The normalized spacial score (nSPS) is 13.9. The molecule has 0 aromatic heterocycles. The summed E-state index contributed by atoms with van der Waals surface area (Å²) < 4.78 is 18.9. The molecule has 0 atom stereocenters. The second-order valence-electron chi connectivity index (χ2n) is 7.44. The number of ether oxygens (including phenoxy) is 3. The topological polar surface area (TPSA) is 100 Å². The van der Waals surface area contributed by atoms with Crippen molar-refractivity contribution in [1.29, 1.82) is 0 Å². The van der Waals surface area contributed by atoms with Crippen LogP contribution in [0.25, 0.3) is 6.08 Å². The highest BCUT2D eigenvalue weighted by atomic mass is 127. The first kappa shape index (κ1) is 26.1. The van der Waals surface area contributed by atoms with Crippen LogP contribution in [0.4, 0.5) is 5.69 Å². The summed E-state index contributed by atoms with van der Waals surface area (Å²) in [4.78, 5) is 27.3. The number of nitrogens with zero attached hydrogens (tertiary/aromatic N) is 2. The van der Waals surface area contributed by atoms with Crippen LogP contribution in [0.5, 0.6) is 11.5 Å². The Morgan fingerprint density at radius 1 is 1.17 bits per heavy atom. The molecule has 0 aliphatic carbocycles. The Kier molecular flexibility index (Phi) is 8.27. The molecule has 0 unspecified atom stereocenters. The number of aliphatic imine (C=N–C) groups is 1. The standard InChI is InChI=1S/C25H17BrClIN2O6/c1-2-34-22-11-15(9-19(28)23(22)35-13-14-3-6-17(26)7-4-14)10-20-25(31)36-24(29-20)16-5-8-18(27)21(12-16)30(32)33/h3-12H,2,13H2,1H3/b20-10-. The summed E-state index contributed by atoms with van der Waals surface area (Å²) in [6.07, 6.45) is 1.56. The van der Waals surface area contributed by atoms with Crippen LogP contribution in [0.2, 0.25) is 5.02 Å². The zero-order valence-corrected chi connectivity index (χ0v) is 23.2. The lowest BCUT2D eigenvalue weighted by atomic mass is 10.1. The third-order valence-electron chi connectivity index (χ3n) is 4.94. The molecule has 0 saturated heterocycles. The van der Waals surface area contributed by atoms with Crippen molar-refractivity contribution < 1.29 is 23.9 Å². The van der Waals surface area contributed by atoms with Gasteiger partial charge in [-0.15, -0.1) is 0 Å². The van der Waals surface area contributed by atoms with Gasteiger partial charge in [0.05, 0.1) is 15.1 Å². The fourth-order valence-electron chi connectivity index (χ4n) is 3.29. The second-order valence-corrected chi connectivity index (χ2v) is 9.92. The molecule has 0 spiro atoms. The van der Waals surface area contributed by atoms with Crippen LogP contribution in [-0.4, -0.2) is 23.4 Å². The molecule has 4 rings (SSSR count). The number of halogens is 3. The number of carbonyl (C=O) groups excluding carboxylic acids is 1. The first-order valence-corrected chi connectivity index (χ1v) is 12.8. The summed E-state index contributed by atoms with van der Waals surface area (Å²) in [5, 5.41) is 11.2. The van der Waals surface area contributed by atoms with Crippen LogP contribution in [0.15, 0.2) is 69.8 Å². The van der Waals surface area contributed by atoms with Gasteiger partial charge >= 0.3 is 5.97 Å². The highest BCUT2D eigenvalue weighted by Crippen LogP contribution is 2.36. The molecule has 0 bridgehead atoms. The molecule has 1 aliphatic rings. The van der Waals surface area contributed by atoms with Gasteiger partial charge in [-0.05, 0) is 83.1 Å². The summed E-state index contributed by atoms with van der Waals surface area (Å²) in [7, 11) is 0. The summed E-state index contributed by atoms with van der Waals surface area (Å²) in [6.45, 7) is 2.65. The number of benzene rings is 3. The number of rotatable bonds is 8. The lowest BCUT2D eigenvalue weighted by molar-refractivity contribution is -0.384. The van der Waals surface area contributed by atoms with Gasteiger partial charge in [0.25, 0.3) is 5.69 Å². The maximum Gasteiger partial charge on any atom is 0.363 e. The summed E-state index contributed by atoms with van der Waals surface area (Å²) in [6, 6.07) is 15.5. The van der Waals surface area contributed by atoms with Crippen molar-refractivity contribution in [3.63, 3.8) is 0 Å². The van der Waals surface area contributed by atoms with Crippen molar-refractivity contribution in [2.24, 2.45) is 4.99 Å². The fraction of sp³-hybridized carbons (Fsp3) is 0.120. The van der Waals surface area contributed by atoms with Crippen molar-refractivity contribution in [3.05, 3.63) is 100 Å². The Labute approximate surface area is 233 Å². The Bertz CT molecular complexity index is 1410. The van der Waals surface area contributed by atoms with E-state index in [1.165, 1.54) is 18.2 Å². The first-order valence-electron chi connectivity index (χ1n) is 10.6. The van der Waals surface area contributed by atoms with Gasteiger partial charge in [-0.25, -0.2) is 9.79 Å². The van der Waals surface area contributed by atoms with Crippen LogP contribution in [0.3, 0.4) is 0 Å². The number of cyclic esters (lactones) is 1. The van der Waals surface area contributed by atoms with Crippen LogP contribution < -0.4 is 9.47 Å². The molecule has 3 aromatic carbocycles. The van der Waals surface area contributed by atoms with Crippen molar-refractivity contribution in [3.8, 4) is 11.5 Å². The second kappa shape index (κ2) is 11.4. The highest BCUT2D eigenvalue weighted by molar-refractivity contribution is 14.1. The third-order valence-corrected chi connectivity index (χ3v) is 6.59. The molecule has 0 radical (unpaired) electrons. The highest BCUT2D eigenvalue weighted by Gasteiger charge is 2.26. The third kappa shape index (κ3) is 6.05. The molecule has 0 saturated carbocycles. The minimum absolute atomic E-state index is 0.0232. The average Bonchev–Trinajstić information content (AvgIpc) is 3.20. The van der Waals surface area contributed by atoms with Crippen LogP contribution >= 0.6 is 50.1 Å². The van der Waals surface area contributed by atoms with E-state index >= 15 is 0 Å². The predicted octanol–water partition coefficient (Wildman–Crippen LogP) is 6.94. The molecule has 3 aromatic rings. The van der Waals surface area contributed by atoms with E-state index in [0.717, 1.165) is 13.6 Å². The van der Waals surface area contributed by atoms with Crippen LogP contribution in [0, 0.1) is 13.7 Å². The van der Waals surface area contributed by atoms with E-state index in [0.29, 0.717) is 30.3 Å². The minimum atomic E-state index is -0.675. The summed E-state index contributed by atoms with van der Waals surface area (Å²) >= 11 is 11.4. The van der Waals surface area contributed by atoms with E-state index in [-0.39, 0.29) is 27.9 Å². The molecule has 184 valence electrons. The van der Waals surface area contributed by atoms with Crippen molar-refractivity contribution >= 4 is 73.8 Å². The van der Waals surface area contributed by atoms with Crippen LogP contribution in [0.1, 0.15) is 23.6 Å². The van der Waals surface area contributed by atoms with Crippen molar-refractivity contribution in [2.75, 3.05) is 6.61 Å². The van der Waals surface area contributed by atoms with Gasteiger partial charge in [0.15, 0.2) is 17.2 Å². The maximum atomic E-state index is 12.5. The Balaban J connectivity index is 1.62. The van der Waals surface area contributed by atoms with Gasteiger partial charge in [0.2, 0.25) is 5.90 Å². The molecule has 0 amide bonds. The molecule has 36 heavy (non-hydrogen) atoms. The van der Waals surface area contributed by atoms with E-state index in [2.05, 4.69) is 43.5 Å². The van der Waals surface area contributed by atoms with Gasteiger partial charge in [0, 0.05) is 16.1 Å². The summed E-state index contributed by atoms with van der Waals surface area (Å²) in [5.41, 5.74) is 1.66. The SMILES string of the molecule is CCOc1cc(/C=C2\N=C(c3ccc(Cl)c([N+](=O)[O-])c3)OC2=O)cc(I)c1OCc1ccc(Br)cc1. The van der Waals surface area contributed by atoms with Crippen LogP contribution in [-0.2, 0) is 16.1 Å². The van der Waals surface area contributed by atoms with Gasteiger partial charge in [-0.1, -0.05) is 39.7 Å². The molecule has 0 N–H and O–H groups in total. The summed E-state index contributed by atoms with van der Waals surface area (Å²) in [5.74, 6) is 0.401. The minimum Gasteiger partial charge on any atom is -0.490 e. The Morgan fingerprint density at radius 2 is 1.92 bits per heavy atom. The van der Waals surface area contributed by atoms with E-state index in [1.807, 2.05) is 37.3 Å². The zero-order chi connectivity index (χ0) is 25.8. The number of carbonyl (C=O) groups is 1. The fourth-order valence-corrected chi connectivity index (χ4v) is 4.52. The molecule has 0 fully saturated rings. The van der Waals surface area contributed by atoms with Gasteiger partial charge in [0.1, 0.15) is 11.6 Å². The lowest BCUT2D eigenvalue weighted by Gasteiger charge is -2.15. The largest absolute Gasteiger partial charge is 0.490 e. The van der Waals surface area contributed by atoms with E-state index in [9.17, 15) is 14.9 Å². The quantitative estimate of drug-likeness (QED) is 0.0839. The van der Waals surface area contributed by atoms with E-state index in [4.69, 9.17) is 25.8 Å². The smallest absolute Gasteiger partial charge is 0.363 e. The zero-order valence-electron chi connectivity index (χ0n) is 18.7. The number of hydrogen-bond acceptors (Lipinski definition) is 7. The Hall–Kier alpha value is -2.96. The van der Waals surface area contributed by atoms with Gasteiger partial charge < -0.3 is 14.2 Å². The number of nitro groups is 1. The number of esters is 1. The maximum absolute atomic E-state index is 12.5. The Morgan fingerprint density at radius 3 is 2.61 bits per heavy atom. The molecule has 8 nitrogen and oxygen atoms in total. The number of nitro benzene ring substituents is 1. The molecular formula is C25H17BrClIN2O6. The van der Waals surface area contributed by atoms with Crippen molar-refractivity contribution in [1.82, 2.24) is 0 Å². The molecule has 1 aliphatic heterocycles. The lowest BCUT2D eigenvalue weighted by Crippen LogP contribution is -2.06. The van der Waals surface area contributed by atoms with E-state index in [1.54, 1.807) is 12.1 Å². The first-order chi connectivity index (χ1) is 17.2. The predicted molar refractivity (Wildman–Crippen MR) is 148 cm³/mol. The monoisotopic (exact) mass is 682 g/mol. The molecule has 1 heterocycles. The van der Waals surface area contributed by atoms with Gasteiger partial charge in [-0.3, -0.25) is 10.1 Å². The molecule has 11 heteroatoms. The van der Waals surface area contributed by atoms with E-state index < -0.39 is 10.9 Å². The van der Waals surface area contributed by atoms with Crippen molar-refractivity contribution in [2.45, 2.75) is 13.5 Å². The van der Waals surface area contributed by atoms with Gasteiger partial charge in [-0.2, -0.15) is 0 Å². The number of hydrogen-bond donors (Lipinski definition) is 0. The molecular weight excluding hydrogens is 667 g/mol.